The molecule has 1 heterocycles. The lowest BCUT2D eigenvalue weighted by Gasteiger charge is -2.10. The second-order valence-electron chi connectivity index (χ2n) is 4.16. The zero-order chi connectivity index (χ0) is 14.5. The smallest absolute Gasteiger partial charge is 0.336 e. The average molecular weight is 274 g/mol. The SMILES string of the molecule is COC(=O)C(O)CNC(=O)c1ccc2ncccc2c1. The largest absolute Gasteiger partial charge is 0.467 e. The quantitative estimate of drug-likeness (QED) is 0.792. The van der Waals surface area contributed by atoms with Crippen LogP contribution >= 0.6 is 0 Å². The highest BCUT2D eigenvalue weighted by atomic mass is 16.5. The van der Waals surface area contributed by atoms with Crippen molar-refractivity contribution in [1.29, 1.82) is 0 Å². The van der Waals surface area contributed by atoms with Gasteiger partial charge in [-0.2, -0.15) is 0 Å². The Morgan fingerprint density at radius 1 is 1.40 bits per heavy atom. The number of aliphatic hydroxyl groups excluding tert-OH is 1. The molecule has 1 aromatic heterocycles. The molecule has 104 valence electrons. The summed E-state index contributed by atoms with van der Waals surface area (Å²) in [6.07, 6.45) is 0.306. The molecule has 2 N–H and O–H groups in total. The number of nitrogens with one attached hydrogen (secondary N) is 1. The van der Waals surface area contributed by atoms with Crippen LogP contribution in [0, 0.1) is 0 Å². The maximum Gasteiger partial charge on any atom is 0.336 e. The number of hydrogen-bond donors (Lipinski definition) is 2. The summed E-state index contributed by atoms with van der Waals surface area (Å²) in [6, 6.07) is 8.70. The number of carbonyl (C=O) groups is 2. The molecule has 0 radical (unpaired) electrons. The van der Waals surface area contributed by atoms with Crippen LogP contribution in [0.3, 0.4) is 0 Å². The van der Waals surface area contributed by atoms with Crippen LogP contribution in [0.1, 0.15) is 10.4 Å². The monoisotopic (exact) mass is 274 g/mol. The van der Waals surface area contributed by atoms with Crippen molar-refractivity contribution in [3.63, 3.8) is 0 Å². The molecule has 2 rings (SSSR count). The zero-order valence-corrected chi connectivity index (χ0v) is 10.9. The summed E-state index contributed by atoms with van der Waals surface area (Å²) >= 11 is 0. The van der Waals surface area contributed by atoms with Crippen molar-refractivity contribution in [2.75, 3.05) is 13.7 Å². The second kappa shape index (κ2) is 6.12. The van der Waals surface area contributed by atoms with E-state index in [9.17, 15) is 14.7 Å². The number of esters is 1. The Morgan fingerprint density at radius 3 is 2.95 bits per heavy atom. The Hall–Kier alpha value is -2.47. The molecule has 1 atom stereocenters. The van der Waals surface area contributed by atoms with Gasteiger partial charge in [-0.1, -0.05) is 6.07 Å². The van der Waals surface area contributed by atoms with E-state index in [1.165, 1.54) is 7.11 Å². The first kappa shape index (κ1) is 14.0. The van der Waals surface area contributed by atoms with E-state index in [1.807, 2.05) is 6.07 Å². The normalized spacial score (nSPS) is 11.9. The van der Waals surface area contributed by atoms with Gasteiger partial charge in [0.05, 0.1) is 19.2 Å². The number of pyridine rings is 1. The molecule has 0 fully saturated rings. The summed E-state index contributed by atoms with van der Waals surface area (Å²) in [4.78, 5) is 27.1. The van der Waals surface area contributed by atoms with E-state index in [-0.39, 0.29) is 12.5 Å². The fourth-order valence-corrected chi connectivity index (χ4v) is 1.73. The summed E-state index contributed by atoms with van der Waals surface area (Å²) in [5.41, 5.74) is 1.22. The van der Waals surface area contributed by atoms with E-state index in [0.717, 1.165) is 10.9 Å². The Morgan fingerprint density at radius 2 is 2.20 bits per heavy atom. The molecule has 0 bridgehead atoms. The lowest BCUT2D eigenvalue weighted by Crippen LogP contribution is -2.37. The molecule has 0 aliphatic heterocycles. The number of methoxy groups -OCH3 is 1. The second-order valence-corrected chi connectivity index (χ2v) is 4.16. The van der Waals surface area contributed by atoms with Gasteiger partial charge in [-0.15, -0.1) is 0 Å². The van der Waals surface area contributed by atoms with Gasteiger partial charge in [-0.25, -0.2) is 4.79 Å². The molecule has 0 aliphatic carbocycles. The molecule has 0 aliphatic rings. The maximum absolute atomic E-state index is 11.9. The van der Waals surface area contributed by atoms with Gasteiger partial charge in [0.25, 0.3) is 5.91 Å². The highest BCUT2D eigenvalue weighted by Gasteiger charge is 2.16. The van der Waals surface area contributed by atoms with Gasteiger partial charge in [-0.3, -0.25) is 9.78 Å². The van der Waals surface area contributed by atoms with Crippen molar-refractivity contribution < 1.29 is 19.4 Å². The first-order valence-electron chi connectivity index (χ1n) is 6.00. The number of hydrogen-bond acceptors (Lipinski definition) is 5. The van der Waals surface area contributed by atoms with Crippen LogP contribution < -0.4 is 5.32 Å². The minimum atomic E-state index is -1.37. The molecule has 2 aromatic rings. The first-order valence-corrected chi connectivity index (χ1v) is 6.00. The molecular formula is C14H14N2O4. The van der Waals surface area contributed by atoms with Crippen molar-refractivity contribution in [2.45, 2.75) is 6.10 Å². The Balaban J connectivity index is 2.06. The molecule has 0 saturated heterocycles. The number of rotatable bonds is 4. The summed E-state index contributed by atoms with van der Waals surface area (Å²) < 4.78 is 4.36. The molecule has 1 aromatic carbocycles. The molecule has 6 nitrogen and oxygen atoms in total. The number of benzene rings is 1. The van der Waals surface area contributed by atoms with Gasteiger partial charge in [0.15, 0.2) is 6.10 Å². The Kier molecular flexibility index (Phi) is 4.27. The summed E-state index contributed by atoms with van der Waals surface area (Å²) in [6.45, 7) is -0.198. The van der Waals surface area contributed by atoms with Gasteiger partial charge in [0, 0.05) is 17.1 Å². The van der Waals surface area contributed by atoms with Gasteiger partial charge < -0.3 is 15.2 Å². The van der Waals surface area contributed by atoms with Crippen LogP contribution in [0.4, 0.5) is 0 Å². The third-order valence-corrected chi connectivity index (χ3v) is 2.79. The lowest BCUT2D eigenvalue weighted by atomic mass is 10.1. The molecule has 0 spiro atoms. The van der Waals surface area contributed by atoms with E-state index in [0.29, 0.717) is 5.56 Å². The van der Waals surface area contributed by atoms with Crippen LogP contribution in [-0.4, -0.2) is 41.7 Å². The fourth-order valence-electron chi connectivity index (χ4n) is 1.73. The molecule has 1 unspecified atom stereocenters. The van der Waals surface area contributed by atoms with Crippen molar-refractivity contribution in [1.82, 2.24) is 10.3 Å². The Labute approximate surface area is 115 Å². The van der Waals surface area contributed by atoms with Gasteiger partial charge in [-0.05, 0) is 24.3 Å². The summed E-state index contributed by atoms with van der Waals surface area (Å²) in [7, 11) is 1.17. The van der Waals surface area contributed by atoms with Crippen LogP contribution in [0.2, 0.25) is 0 Å². The van der Waals surface area contributed by atoms with E-state index < -0.39 is 12.1 Å². The van der Waals surface area contributed by atoms with E-state index in [4.69, 9.17) is 0 Å². The molecule has 0 saturated carbocycles. The standard InChI is InChI=1S/C14H14N2O4/c1-20-14(19)12(17)8-16-13(18)10-4-5-11-9(7-10)3-2-6-15-11/h2-7,12,17H,8H2,1H3,(H,16,18). The first-order chi connectivity index (χ1) is 9.61. The van der Waals surface area contributed by atoms with Crippen molar-refractivity contribution >= 4 is 22.8 Å². The maximum atomic E-state index is 11.9. The minimum absolute atomic E-state index is 0.198. The third-order valence-electron chi connectivity index (χ3n) is 2.79. The van der Waals surface area contributed by atoms with Crippen molar-refractivity contribution in [3.8, 4) is 0 Å². The predicted octanol–water partition coefficient (Wildman–Crippen LogP) is 0.498. The molecule has 1 amide bonds. The van der Waals surface area contributed by atoms with Crippen LogP contribution in [0.25, 0.3) is 10.9 Å². The van der Waals surface area contributed by atoms with E-state index >= 15 is 0 Å². The highest BCUT2D eigenvalue weighted by Crippen LogP contribution is 2.13. The zero-order valence-electron chi connectivity index (χ0n) is 10.9. The third kappa shape index (κ3) is 3.10. The molecule has 6 heteroatoms. The number of aliphatic hydroxyl groups is 1. The topological polar surface area (TPSA) is 88.5 Å². The van der Waals surface area contributed by atoms with Crippen LogP contribution in [-0.2, 0) is 9.53 Å². The minimum Gasteiger partial charge on any atom is -0.467 e. The van der Waals surface area contributed by atoms with Crippen molar-refractivity contribution in [2.24, 2.45) is 0 Å². The molecular weight excluding hydrogens is 260 g/mol. The number of carbonyl (C=O) groups excluding carboxylic acids is 2. The highest BCUT2D eigenvalue weighted by molar-refractivity contribution is 5.98. The number of fused-ring (bicyclic) bond motifs is 1. The average Bonchev–Trinajstić information content (AvgIpc) is 2.50. The number of amides is 1. The summed E-state index contributed by atoms with van der Waals surface area (Å²) in [5.74, 6) is -1.16. The van der Waals surface area contributed by atoms with E-state index in [1.54, 1.807) is 30.5 Å². The Bertz CT molecular complexity index is 642. The fraction of sp³-hybridized carbons (Fsp3) is 0.214. The van der Waals surface area contributed by atoms with Crippen molar-refractivity contribution in [3.05, 3.63) is 42.1 Å². The molecule has 20 heavy (non-hydrogen) atoms. The van der Waals surface area contributed by atoms with Gasteiger partial charge >= 0.3 is 5.97 Å². The summed E-state index contributed by atoms with van der Waals surface area (Å²) in [5, 5.41) is 12.7. The van der Waals surface area contributed by atoms with Gasteiger partial charge in [0.1, 0.15) is 0 Å². The number of ether oxygens (including phenoxy) is 1. The van der Waals surface area contributed by atoms with E-state index in [2.05, 4.69) is 15.0 Å². The van der Waals surface area contributed by atoms with Crippen LogP contribution in [0.5, 0.6) is 0 Å². The van der Waals surface area contributed by atoms with Gasteiger partial charge in [0.2, 0.25) is 0 Å². The number of nitrogens with zero attached hydrogens (tertiary/aromatic N) is 1. The van der Waals surface area contributed by atoms with Crippen LogP contribution in [0.15, 0.2) is 36.5 Å². The lowest BCUT2D eigenvalue weighted by molar-refractivity contribution is -0.149. The number of aromatic nitrogens is 1. The predicted molar refractivity (Wildman–Crippen MR) is 72.1 cm³/mol.